The Bertz CT molecular complexity index is 878. The van der Waals surface area contributed by atoms with Crippen LogP contribution in [0.4, 0.5) is 11.4 Å². The quantitative estimate of drug-likeness (QED) is 0.559. The number of non-ortho nitro benzene ring substituents is 1. The van der Waals surface area contributed by atoms with Crippen LogP contribution in [-0.2, 0) is 4.79 Å². The summed E-state index contributed by atoms with van der Waals surface area (Å²) in [5.74, 6) is -1.02. The highest BCUT2D eigenvalue weighted by atomic mass is 16.6. The highest BCUT2D eigenvalue weighted by Crippen LogP contribution is 2.61. The molecule has 1 atom stereocenters. The van der Waals surface area contributed by atoms with Crippen LogP contribution in [0.1, 0.15) is 48.9 Å². The van der Waals surface area contributed by atoms with Crippen LogP contribution >= 0.6 is 0 Å². The monoisotopic (exact) mass is 402 g/mol. The number of nitro benzene ring substituents is 2. The first-order valence-electron chi connectivity index (χ1n) is 9.63. The van der Waals surface area contributed by atoms with Crippen molar-refractivity contribution < 1.29 is 24.5 Å². The molecule has 4 aliphatic carbocycles. The van der Waals surface area contributed by atoms with Crippen molar-refractivity contribution in [3.63, 3.8) is 0 Å². The van der Waals surface area contributed by atoms with E-state index in [0.29, 0.717) is 43.1 Å². The molecule has 0 spiro atoms. The first kappa shape index (κ1) is 19.3. The highest BCUT2D eigenvalue weighted by Gasteiger charge is 2.55. The number of carboxylic acid groups (broad SMARTS) is 1. The molecule has 1 N–H and O–H groups in total. The number of hydrogen-bond donors (Lipinski definition) is 1. The Hall–Kier alpha value is -3.04. The Morgan fingerprint density at radius 3 is 2.00 bits per heavy atom. The zero-order chi connectivity index (χ0) is 20.9. The van der Waals surface area contributed by atoms with E-state index in [2.05, 4.69) is 5.32 Å². The number of carbonyl (C=O) groups is 2. The summed E-state index contributed by atoms with van der Waals surface area (Å²) in [6.45, 7) is 0. The van der Waals surface area contributed by atoms with Crippen molar-refractivity contribution in [1.82, 2.24) is 5.32 Å². The molecule has 0 aliphatic heterocycles. The van der Waals surface area contributed by atoms with Gasteiger partial charge in [-0.25, -0.2) is 0 Å². The molecule has 154 valence electrons. The van der Waals surface area contributed by atoms with E-state index in [1.165, 1.54) is 0 Å². The van der Waals surface area contributed by atoms with Crippen LogP contribution in [0.3, 0.4) is 0 Å². The summed E-state index contributed by atoms with van der Waals surface area (Å²) in [5.41, 5.74) is -2.26. The molecule has 5 rings (SSSR count). The lowest BCUT2D eigenvalue weighted by atomic mass is 9.47. The third-order valence-corrected chi connectivity index (χ3v) is 6.84. The Morgan fingerprint density at radius 1 is 1.00 bits per heavy atom. The van der Waals surface area contributed by atoms with E-state index in [-0.39, 0.29) is 0 Å². The number of nitro groups is 2. The summed E-state index contributed by atoms with van der Waals surface area (Å²) in [6.07, 6.45) is 5.34. The van der Waals surface area contributed by atoms with E-state index in [1.54, 1.807) is 0 Å². The van der Waals surface area contributed by atoms with Gasteiger partial charge in [0.05, 0.1) is 27.9 Å². The fourth-order valence-electron chi connectivity index (χ4n) is 6.18. The minimum atomic E-state index is -1.40. The summed E-state index contributed by atoms with van der Waals surface area (Å²) in [5, 5.41) is 36.7. The van der Waals surface area contributed by atoms with Gasteiger partial charge in [-0.1, -0.05) is 0 Å². The van der Waals surface area contributed by atoms with E-state index < -0.39 is 50.1 Å². The summed E-state index contributed by atoms with van der Waals surface area (Å²) >= 11 is 0. The normalized spacial score (nSPS) is 30.6. The van der Waals surface area contributed by atoms with Gasteiger partial charge in [0.2, 0.25) is 0 Å². The van der Waals surface area contributed by atoms with Crippen molar-refractivity contribution in [2.75, 3.05) is 0 Å². The predicted octanol–water partition coefficient (Wildman–Crippen LogP) is 1.57. The summed E-state index contributed by atoms with van der Waals surface area (Å²) < 4.78 is 0. The van der Waals surface area contributed by atoms with Crippen molar-refractivity contribution in [2.24, 2.45) is 23.2 Å². The number of hydrogen-bond acceptors (Lipinski definition) is 7. The van der Waals surface area contributed by atoms with E-state index in [9.17, 15) is 34.9 Å². The second-order valence-electron chi connectivity index (χ2n) is 8.72. The fraction of sp³-hybridized carbons (Fsp3) is 0.579. The Morgan fingerprint density at radius 2 is 1.55 bits per heavy atom. The molecule has 0 radical (unpaired) electrons. The van der Waals surface area contributed by atoms with Crippen molar-refractivity contribution in [3.8, 4) is 0 Å². The maximum absolute atomic E-state index is 12.8. The Balaban J connectivity index is 1.63. The molecule has 0 unspecified atom stereocenters. The van der Waals surface area contributed by atoms with Gasteiger partial charge in [-0.2, -0.15) is 0 Å². The summed E-state index contributed by atoms with van der Waals surface area (Å²) in [7, 11) is 0. The smallest absolute Gasteiger partial charge is 0.289 e. The number of amides is 1. The van der Waals surface area contributed by atoms with Gasteiger partial charge in [-0.3, -0.25) is 25.0 Å². The molecule has 10 heteroatoms. The Labute approximate surface area is 165 Å². The Kier molecular flexibility index (Phi) is 4.51. The molecule has 1 amide bonds. The van der Waals surface area contributed by atoms with Crippen LogP contribution in [0.2, 0.25) is 0 Å². The van der Waals surface area contributed by atoms with Gasteiger partial charge in [0, 0.05) is 6.07 Å². The molecule has 4 aliphatic rings. The van der Waals surface area contributed by atoms with Crippen molar-refractivity contribution >= 4 is 23.3 Å². The van der Waals surface area contributed by atoms with Crippen LogP contribution in [-0.4, -0.2) is 27.8 Å². The van der Waals surface area contributed by atoms with Crippen LogP contribution in [0.5, 0.6) is 0 Å². The van der Waals surface area contributed by atoms with Crippen LogP contribution in [0.15, 0.2) is 18.2 Å². The van der Waals surface area contributed by atoms with Gasteiger partial charge in [-0.15, -0.1) is 0 Å². The first-order chi connectivity index (χ1) is 13.7. The minimum absolute atomic E-state index is 0.406. The highest BCUT2D eigenvalue weighted by molar-refractivity contribution is 6.00. The van der Waals surface area contributed by atoms with Gasteiger partial charge in [0.15, 0.2) is 0 Å². The SMILES string of the molecule is O=C(N[C@H](C(=O)[O-])C12CC3CC(CC(C3)C1)C2)c1ccc([N+](=O)[O-])cc1[N+](=O)[O-]. The second-order valence-corrected chi connectivity index (χ2v) is 8.72. The maximum atomic E-state index is 12.8. The maximum Gasteiger partial charge on any atom is 0.289 e. The van der Waals surface area contributed by atoms with Crippen LogP contribution in [0, 0.1) is 43.4 Å². The number of benzene rings is 1. The summed E-state index contributed by atoms with van der Waals surface area (Å²) in [6, 6.07) is 1.42. The molecule has 4 bridgehead atoms. The third kappa shape index (κ3) is 3.32. The van der Waals surface area contributed by atoms with Gasteiger partial charge < -0.3 is 15.2 Å². The van der Waals surface area contributed by atoms with Crippen LogP contribution < -0.4 is 10.4 Å². The molecule has 0 saturated heterocycles. The first-order valence-corrected chi connectivity index (χ1v) is 9.63. The average Bonchev–Trinajstić information content (AvgIpc) is 2.63. The average molecular weight is 402 g/mol. The molecule has 1 aromatic rings. The predicted molar refractivity (Wildman–Crippen MR) is 96.6 cm³/mol. The lowest BCUT2D eigenvalue weighted by molar-refractivity contribution is -0.394. The molecular weight excluding hydrogens is 382 g/mol. The number of carbonyl (C=O) groups excluding carboxylic acids is 2. The fourth-order valence-corrected chi connectivity index (χ4v) is 6.18. The number of nitrogens with zero attached hydrogens (tertiary/aromatic N) is 2. The topological polar surface area (TPSA) is 156 Å². The molecule has 10 nitrogen and oxygen atoms in total. The van der Waals surface area contributed by atoms with Gasteiger partial charge >= 0.3 is 0 Å². The van der Waals surface area contributed by atoms with Crippen molar-refractivity contribution in [3.05, 3.63) is 44.0 Å². The van der Waals surface area contributed by atoms with E-state index in [0.717, 1.165) is 31.4 Å². The number of carboxylic acids is 1. The zero-order valence-electron chi connectivity index (χ0n) is 15.5. The second kappa shape index (κ2) is 6.78. The molecule has 29 heavy (non-hydrogen) atoms. The summed E-state index contributed by atoms with van der Waals surface area (Å²) in [4.78, 5) is 45.3. The minimum Gasteiger partial charge on any atom is -0.548 e. The molecule has 4 saturated carbocycles. The standard InChI is InChI=1S/C19H21N3O7/c23-17(14-2-1-13(21(26)27)6-15(14)22(28)29)20-16(18(24)25)19-7-10-3-11(8-19)5-12(4-10)9-19/h1-2,6,10-12,16H,3-5,7-9H2,(H,20,23)(H,24,25)/p-1/t10?,11?,12?,16-,19?/m1/s1. The molecule has 0 aromatic heterocycles. The van der Waals surface area contributed by atoms with Gasteiger partial charge in [0.1, 0.15) is 5.56 Å². The van der Waals surface area contributed by atoms with Gasteiger partial charge in [0.25, 0.3) is 17.3 Å². The van der Waals surface area contributed by atoms with Crippen molar-refractivity contribution in [2.45, 2.75) is 44.6 Å². The van der Waals surface area contributed by atoms with Gasteiger partial charge in [-0.05, 0) is 67.8 Å². The van der Waals surface area contributed by atoms with Crippen molar-refractivity contribution in [1.29, 1.82) is 0 Å². The molecule has 4 fully saturated rings. The number of aliphatic carboxylic acids is 1. The molecule has 0 heterocycles. The lowest BCUT2D eigenvalue weighted by Crippen LogP contribution is -2.62. The largest absolute Gasteiger partial charge is 0.548 e. The molecular formula is C19H20N3O7-. The number of rotatable bonds is 6. The third-order valence-electron chi connectivity index (χ3n) is 6.84. The van der Waals surface area contributed by atoms with E-state index in [4.69, 9.17) is 0 Å². The van der Waals surface area contributed by atoms with E-state index in [1.807, 2.05) is 0 Å². The van der Waals surface area contributed by atoms with E-state index >= 15 is 0 Å². The van der Waals surface area contributed by atoms with Crippen LogP contribution in [0.25, 0.3) is 0 Å². The zero-order valence-corrected chi connectivity index (χ0v) is 15.5. The molecule has 1 aromatic carbocycles. The number of nitrogens with one attached hydrogen (secondary N) is 1. The lowest BCUT2D eigenvalue weighted by Gasteiger charge is -2.59.